The maximum atomic E-state index is 13.3. The van der Waals surface area contributed by atoms with E-state index in [-0.39, 0.29) is 5.52 Å². The molecule has 0 aliphatic carbocycles. The van der Waals surface area contributed by atoms with Gasteiger partial charge in [0.05, 0.1) is 10.9 Å². The predicted molar refractivity (Wildman–Crippen MR) is 52.4 cm³/mol. The number of halogens is 2. The molecule has 82 valence electrons. The number of fused-ring (bicyclic) bond motifs is 1. The van der Waals surface area contributed by atoms with Gasteiger partial charge in [0.15, 0.2) is 0 Å². The zero-order valence-corrected chi connectivity index (χ0v) is 7.75. The molecule has 0 spiro atoms. The first-order valence-corrected chi connectivity index (χ1v) is 4.24. The lowest BCUT2D eigenvalue weighted by Crippen LogP contribution is -2.22. The molecule has 0 saturated heterocycles. The predicted octanol–water partition coefficient (Wildman–Crippen LogP) is 0.872. The van der Waals surface area contributed by atoms with Crippen LogP contribution >= 0.6 is 0 Å². The van der Waals surface area contributed by atoms with Crippen molar-refractivity contribution in [1.29, 1.82) is 0 Å². The molecule has 1 aromatic carbocycles. The molecule has 0 bridgehead atoms. The summed E-state index contributed by atoms with van der Waals surface area (Å²) in [6.45, 7) is 0. The molecule has 0 unspecified atom stereocenters. The van der Waals surface area contributed by atoms with E-state index in [1.807, 2.05) is 4.98 Å². The fraction of sp³-hybridized carbons (Fsp3) is 0. The van der Waals surface area contributed by atoms with Crippen molar-refractivity contribution in [2.45, 2.75) is 0 Å². The summed E-state index contributed by atoms with van der Waals surface area (Å²) in [4.78, 5) is 24.1. The maximum Gasteiger partial charge on any atom is 0.296 e. The Balaban J connectivity index is 3.16. The minimum Gasteiger partial charge on any atom is -0.507 e. The van der Waals surface area contributed by atoms with Crippen LogP contribution in [0.4, 0.5) is 8.78 Å². The lowest BCUT2D eigenvalue weighted by molar-refractivity contribution is 0.478. The van der Waals surface area contributed by atoms with Crippen molar-refractivity contribution in [3.8, 4) is 5.75 Å². The molecule has 0 radical (unpaired) electrons. The van der Waals surface area contributed by atoms with E-state index in [9.17, 15) is 23.5 Å². The highest BCUT2D eigenvalue weighted by molar-refractivity contribution is 5.84. The molecule has 1 aromatic heterocycles. The average molecular weight is 225 g/mol. The number of rotatable bonds is 0. The van der Waals surface area contributed by atoms with Crippen LogP contribution < -0.4 is 11.0 Å². The highest BCUT2D eigenvalue weighted by Gasteiger charge is 2.09. The Morgan fingerprint density at radius 3 is 2.50 bits per heavy atom. The molecule has 0 saturated carbocycles. The SMILES string of the molecule is O=c1cc(O)c2c(F)cc(F)cc2[nH]c1=O. The quantitative estimate of drug-likeness (QED) is 0.653. The Bertz CT molecular complexity index is 694. The molecule has 1 heterocycles. The summed E-state index contributed by atoms with van der Waals surface area (Å²) < 4.78 is 26.2. The van der Waals surface area contributed by atoms with Crippen molar-refractivity contribution in [2.75, 3.05) is 0 Å². The number of nitrogens with one attached hydrogen (secondary N) is 1. The van der Waals surface area contributed by atoms with Crippen molar-refractivity contribution >= 4 is 10.9 Å². The normalized spacial score (nSPS) is 10.6. The molecule has 4 nitrogen and oxygen atoms in total. The van der Waals surface area contributed by atoms with Crippen LogP contribution in [0.5, 0.6) is 5.75 Å². The van der Waals surface area contributed by atoms with Crippen LogP contribution in [0, 0.1) is 11.6 Å². The molecule has 0 fully saturated rings. The average Bonchev–Trinajstić information content (AvgIpc) is 2.24. The molecule has 0 atom stereocenters. The number of benzene rings is 1. The third-order valence-corrected chi connectivity index (χ3v) is 2.05. The van der Waals surface area contributed by atoms with Crippen LogP contribution in [0.2, 0.25) is 0 Å². The van der Waals surface area contributed by atoms with Crippen molar-refractivity contribution in [1.82, 2.24) is 4.98 Å². The van der Waals surface area contributed by atoms with Crippen molar-refractivity contribution < 1.29 is 13.9 Å². The van der Waals surface area contributed by atoms with Gasteiger partial charge >= 0.3 is 0 Å². The van der Waals surface area contributed by atoms with E-state index < -0.39 is 33.8 Å². The van der Waals surface area contributed by atoms with Crippen LogP contribution in [-0.4, -0.2) is 10.1 Å². The minimum atomic E-state index is -1.06. The number of aromatic nitrogens is 1. The van der Waals surface area contributed by atoms with Gasteiger partial charge in [-0.3, -0.25) is 9.59 Å². The summed E-state index contributed by atoms with van der Waals surface area (Å²) in [5.74, 6) is -2.69. The van der Waals surface area contributed by atoms with E-state index in [2.05, 4.69) is 0 Å². The number of hydrogen-bond acceptors (Lipinski definition) is 3. The molecule has 16 heavy (non-hydrogen) atoms. The van der Waals surface area contributed by atoms with Crippen LogP contribution in [-0.2, 0) is 0 Å². The monoisotopic (exact) mass is 225 g/mol. The first kappa shape index (κ1) is 10.3. The number of aromatic hydroxyl groups is 1. The van der Waals surface area contributed by atoms with Gasteiger partial charge < -0.3 is 10.1 Å². The van der Waals surface area contributed by atoms with Crippen LogP contribution in [0.15, 0.2) is 27.8 Å². The molecule has 0 aliphatic heterocycles. The third-order valence-electron chi connectivity index (χ3n) is 2.05. The highest BCUT2D eigenvalue weighted by Crippen LogP contribution is 2.23. The lowest BCUT2D eigenvalue weighted by atomic mass is 10.2. The van der Waals surface area contributed by atoms with E-state index in [0.717, 1.165) is 6.07 Å². The van der Waals surface area contributed by atoms with Gasteiger partial charge in [-0.15, -0.1) is 0 Å². The van der Waals surface area contributed by atoms with E-state index in [0.29, 0.717) is 12.1 Å². The van der Waals surface area contributed by atoms with Crippen molar-refractivity contribution in [2.24, 2.45) is 0 Å². The minimum absolute atomic E-state index is 0.276. The van der Waals surface area contributed by atoms with Crippen LogP contribution in [0.25, 0.3) is 10.9 Å². The third kappa shape index (κ3) is 1.54. The zero-order valence-electron chi connectivity index (χ0n) is 7.75. The Hall–Kier alpha value is -2.24. The molecular weight excluding hydrogens is 220 g/mol. The smallest absolute Gasteiger partial charge is 0.296 e. The summed E-state index contributed by atoms with van der Waals surface area (Å²) in [6.07, 6.45) is 0. The van der Waals surface area contributed by atoms with Gasteiger partial charge in [-0.25, -0.2) is 8.78 Å². The van der Waals surface area contributed by atoms with E-state index >= 15 is 0 Å². The first-order chi connectivity index (χ1) is 7.49. The molecule has 6 heteroatoms. The Kier molecular flexibility index (Phi) is 2.19. The number of H-pyrrole nitrogens is 1. The largest absolute Gasteiger partial charge is 0.507 e. The summed E-state index contributed by atoms with van der Waals surface area (Å²) in [5, 5.41) is 8.98. The van der Waals surface area contributed by atoms with Crippen LogP contribution in [0.3, 0.4) is 0 Å². The Labute approximate surface area is 86.8 Å². The summed E-state index contributed by atoms with van der Waals surface area (Å²) in [5.41, 5.74) is -2.37. The molecule has 0 amide bonds. The van der Waals surface area contributed by atoms with Crippen molar-refractivity contribution in [3.63, 3.8) is 0 Å². The number of aromatic amines is 1. The Morgan fingerprint density at radius 2 is 1.81 bits per heavy atom. The summed E-state index contributed by atoms with van der Waals surface area (Å²) >= 11 is 0. The van der Waals surface area contributed by atoms with E-state index in [4.69, 9.17) is 0 Å². The second-order valence-electron chi connectivity index (χ2n) is 3.16. The van der Waals surface area contributed by atoms with Crippen molar-refractivity contribution in [3.05, 3.63) is 50.4 Å². The van der Waals surface area contributed by atoms with Gasteiger partial charge in [-0.2, -0.15) is 0 Å². The second kappa shape index (κ2) is 3.41. The van der Waals surface area contributed by atoms with Crippen LogP contribution in [0.1, 0.15) is 0 Å². The van der Waals surface area contributed by atoms with Gasteiger partial charge in [0.25, 0.3) is 5.56 Å². The molecule has 2 N–H and O–H groups in total. The van der Waals surface area contributed by atoms with Gasteiger partial charge in [0, 0.05) is 12.1 Å². The fourth-order valence-electron chi connectivity index (χ4n) is 1.38. The topological polar surface area (TPSA) is 70.2 Å². The van der Waals surface area contributed by atoms with E-state index in [1.165, 1.54) is 0 Å². The fourth-order valence-corrected chi connectivity index (χ4v) is 1.38. The van der Waals surface area contributed by atoms with Gasteiger partial charge in [0.2, 0.25) is 5.43 Å². The molecule has 0 aliphatic rings. The van der Waals surface area contributed by atoms with E-state index in [1.54, 1.807) is 0 Å². The highest BCUT2D eigenvalue weighted by atomic mass is 19.1. The van der Waals surface area contributed by atoms with Gasteiger partial charge in [-0.1, -0.05) is 0 Å². The molecular formula is C10H5F2NO3. The second-order valence-corrected chi connectivity index (χ2v) is 3.16. The summed E-state index contributed by atoms with van der Waals surface area (Å²) in [7, 11) is 0. The first-order valence-electron chi connectivity index (χ1n) is 4.24. The maximum absolute atomic E-state index is 13.3. The lowest BCUT2D eigenvalue weighted by Gasteiger charge is -1.97. The van der Waals surface area contributed by atoms with Gasteiger partial charge in [-0.05, 0) is 6.07 Å². The summed E-state index contributed by atoms with van der Waals surface area (Å²) in [6, 6.07) is 1.95. The zero-order chi connectivity index (χ0) is 11.9. The molecule has 2 rings (SSSR count). The Morgan fingerprint density at radius 1 is 1.12 bits per heavy atom. The standard InChI is InChI=1S/C10H5F2NO3/c11-4-1-5(12)9-6(2-4)13-10(16)8(15)3-7(9)14/h1-3,14H,(H,13,15,16). The van der Waals surface area contributed by atoms with Gasteiger partial charge in [0.1, 0.15) is 17.4 Å². The molecule has 2 aromatic rings. The number of hydrogen-bond donors (Lipinski definition) is 2.